The molecule has 0 aromatic rings. The van der Waals surface area contributed by atoms with Crippen molar-refractivity contribution in [2.75, 3.05) is 7.05 Å². The van der Waals surface area contributed by atoms with E-state index in [9.17, 15) is 0 Å². The van der Waals surface area contributed by atoms with Crippen LogP contribution in [-0.2, 0) is 0 Å². The Balaban J connectivity index is 4.11. The van der Waals surface area contributed by atoms with Crippen LogP contribution >= 0.6 is 22.6 Å². The first kappa shape index (κ1) is 8.81. The van der Waals surface area contributed by atoms with Crippen LogP contribution in [0.5, 0.6) is 0 Å². The SMILES string of the molecule is C=N/C(C)=C\C(I)=NC. The number of hydrogen-bond donors (Lipinski definition) is 0. The zero-order valence-corrected chi connectivity index (χ0v) is 7.71. The number of nitrogens with zero attached hydrogens (tertiary/aromatic N) is 2. The molecule has 0 aliphatic heterocycles. The van der Waals surface area contributed by atoms with Crippen LogP contribution in [0.4, 0.5) is 0 Å². The summed E-state index contributed by atoms with van der Waals surface area (Å²) in [4.78, 5) is 7.62. The molecule has 0 bridgehead atoms. The first-order chi connectivity index (χ1) is 4.20. The van der Waals surface area contributed by atoms with Gasteiger partial charge in [0.1, 0.15) is 0 Å². The predicted octanol–water partition coefficient (Wildman–Crippen LogP) is 2.05. The van der Waals surface area contributed by atoms with Crippen LogP contribution in [0.3, 0.4) is 0 Å². The highest BCUT2D eigenvalue weighted by molar-refractivity contribution is 14.1. The fourth-order valence-corrected chi connectivity index (χ4v) is 0.733. The summed E-state index contributed by atoms with van der Waals surface area (Å²) in [5.74, 6) is 0. The van der Waals surface area contributed by atoms with Crippen molar-refractivity contribution in [2.45, 2.75) is 6.92 Å². The largest absolute Gasteiger partial charge is 0.282 e. The fraction of sp³-hybridized carbons (Fsp3) is 0.333. The van der Waals surface area contributed by atoms with Crippen LogP contribution in [0.15, 0.2) is 21.8 Å². The van der Waals surface area contributed by atoms with Gasteiger partial charge in [-0.1, -0.05) is 0 Å². The molecule has 9 heavy (non-hydrogen) atoms. The molecule has 0 unspecified atom stereocenters. The van der Waals surface area contributed by atoms with E-state index in [4.69, 9.17) is 0 Å². The molecule has 0 spiro atoms. The Bertz CT molecular complexity index is 158. The van der Waals surface area contributed by atoms with Crippen molar-refractivity contribution in [3.05, 3.63) is 11.8 Å². The lowest BCUT2D eigenvalue weighted by atomic mass is 10.5. The van der Waals surface area contributed by atoms with Crippen molar-refractivity contribution >= 4 is 33.0 Å². The Kier molecular flexibility index (Phi) is 4.57. The van der Waals surface area contributed by atoms with Gasteiger partial charge in [-0.3, -0.25) is 9.98 Å². The Morgan fingerprint density at radius 2 is 2.22 bits per heavy atom. The summed E-state index contributed by atoms with van der Waals surface area (Å²) in [6.07, 6.45) is 1.87. The van der Waals surface area contributed by atoms with Crippen molar-refractivity contribution in [1.29, 1.82) is 0 Å². The third-order valence-electron chi connectivity index (χ3n) is 0.791. The molecular formula is C6H9IN2. The zero-order chi connectivity index (χ0) is 7.28. The molecule has 3 heteroatoms. The monoisotopic (exact) mass is 236 g/mol. The molecule has 0 amide bonds. The average Bonchev–Trinajstić information content (AvgIpc) is 1.87. The summed E-state index contributed by atoms with van der Waals surface area (Å²) >= 11 is 2.13. The summed E-state index contributed by atoms with van der Waals surface area (Å²) < 4.78 is 0.942. The Hall–Kier alpha value is -0.190. The maximum atomic E-state index is 3.92. The Labute approximate surface area is 68.9 Å². The van der Waals surface area contributed by atoms with E-state index in [1.165, 1.54) is 0 Å². The van der Waals surface area contributed by atoms with Crippen molar-refractivity contribution in [2.24, 2.45) is 9.98 Å². The molecule has 0 aliphatic carbocycles. The normalized spacial score (nSPS) is 13.7. The van der Waals surface area contributed by atoms with Gasteiger partial charge in [-0.25, -0.2) is 0 Å². The number of rotatable bonds is 2. The quantitative estimate of drug-likeness (QED) is 0.517. The van der Waals surface area contributed by atoms with Gasteiger partial charge >= 0.3 is 0 Å². The highest BCUT2D eigenvalue weighted by Crippen LogP contribution is 1.98. The highest BCUT2D eigenvalue weighted by Gasteiger charge is 1.84. The molecule has 0 rings (SSSR count). The van der Waals surface area contributed by atoms with E-state index in [1.54, 1.807) is 7.05 Å². The van der Waals surface area contributed by atoms with Gasteiger partial charge in [0.05, 0.1) is 3.72 Å². The van der Waals surface area contributed by atoms with Crippen LogP contribution in [0, 0.1) is 0 Å². The maximum Gasteiger partial charge on any atom is 0.0968 e. The third kappa shape index (κ3) is 4.32. The van der Waals surface area contributed by atoms with Gasteiger partial charge in [0.25, 0.3) is 0 Å². The van der Waals surface area contributed by atoms with E-state index < -0.39 is 0 Å². The zero-order valence-electron chi connectivity index (χ0n) is 5.56. The summed E-state index contributed by atoms with van der Waals surface area (Å²) in [6, 6.07) is 0. The molecule has 0 saturated carbocycles. The highest BCUT2D eigenvalue weighted by atomic mass is 127. The maximum absolute atomic E-state index is 3.92. The molecule has 0 radical (unpaired) electrons. The smallest absolute Gasteiger partial charge is 0.0968 e. The Morgan fingerprint density at radius 3 is 2.56 bits per heavy atom. The lowest BCUT2D eigenvalue weighted by molar-refractivity contribution is 1.33. The minimum atomic E-state index is 0.894. The van der Waals surface area contributed by atoms with Gasteiger partial charge < -0.3 is 0 Å². The lowest BCUT2D eigenvalue weighted by Gasteiger charge is -1.87. The second-order valence-electron chi connectivity index (χ2n) is 1.49. The average molecular weight is 236 g/mol. The third-order valence-corrected chi connectivity index (χ3v) is 1.58. The number of aliphatic imine (C=N–C) groups is 2. The second kappa shape index (κ2) is 4.67. The summed E-state index contributed by atoms with van der Waals surface area (Å²) in [5, 5.41) is 0. The Morgan fingerprint density at radius 1 is 1.67 bits per heavy atom. The molecule has 2 nitrogen and oxygen atoms in total. The minimum Gasteiger partial charge on any atom is -0.282 e. The fourth-order valence-electron chi connectivity index (χ4n) is 0.283. The van der Waals surface area contributed by atoms with Crippen LogP contribution in [0.25, 0.3) is 0 Å². The van der Waals surface area contributed by atoms with E-state index in [2.05, 4.69) is 39.3 Å². The van der Waals surface area contributed by atoms with Crippen LogP contribution in [-0.4, -0.2) is 17.5 Å². The van der Waals surface area contributed by atoms with E-state index in [-0.39, 0.29) is 0 Å². The first-order valence-corrected chi connectivity index (χ1v) is 3.56. The van der Waals surface area contributed by atoms with Gasteiger partial charge in [-0.15, -0.1) is 0 Å². The molecule has 0 atom stereocenters. The van der Waals surface area contributed by atoms with E-state index in [1.807, 2.05) is 13.0 Å². The van der Waals surface area contributed by atoms with Crippen molar-refractivity contribution < 1.29 is 0 Å². The molecule has 0 heterocycles. The molecule has 0 saturated heterocycles. The van der Waals surface area contributed by atoms with Crippen molar-refractivity contribution in [3.63, 3.8) is 0 Å². The van der Waals surface area contributed by atoms with Gasteiger partial charge in [-0.05, 0) is 42.3 Å². The first-order valence-electron chi connectivity index (χ1n) is 2.48. The molecule has 0 aromatic heterocycles. The van der Waals surface area contributed by atoms with E-state index in [0.717, 1.165) is 9.42 Å². The number of allylic oxidation sites excluding steroid dienone is 2. The molecular weight excluding hydrogens is 227 g/mol. The van der Waals surface area contributed by atoms with Crippen LogP contribution < -0.4 is 0 Å². The van der Waals surface area contributed by atoms with Crippen LogP contribution in [0.2, 0.25) is 0 Å². The second-order valence-corrected chi connectivity index (χ2v) is 2.60. The summed E-state index contributed by atoms with van der Waals surface area (Å²) in [7, 11) is 1.74. The topological polar surface area (TPSA) is 24.7 Å². The number of hydrogen-bond acceptors (Lipinski definition) is 2. The predicted molar refractivity (Wildman–Crippen MR) is 50.7 cm³/mol. The van der Waals surface area contributed by atoms with Crippen molar-refractivity contribution in [1.82, 2.24) is 0 Å². The van der Waals surface area contributed by atoms with Crippen LogP contribution in [0.1, 0.15) is 6.92 Å². The molecule has 0 N–H and O–H groups in total. The van der Waals surface area contributed by atoms with Gasteiger partial charge in [0.15, 0.2) is 0 Å². The van der Waals surface area contributed by atoms with Gasteiger partial charge in [0, 0.05) is 12.7 Å². The lowest BCUT2D eigenvalue weighted by Crippen LogP contribution is -1.78. The summed E-state index contributed by atoms with van der Waals surface area (Å²) in [6.45, 7) is 5.26. The summed E-state index contributed by atoms with van der Waals surface area (Å²) in [5.41, 5.74) is 0.894. The van der Waals surface area contributed by atoms with Crippen molar-refractivity contribution in [3.8, 4) is 0 Å². The molecule has 0 fully saturated rings. The van der Waals surface area contributed by atoms with E-state index in [0.29, 0.717) is 0 Å². The van der Waals surface area contributed by atoms with Gasteiger partial charge in [-0.2, -0.15) is 0 Å². The van der Waals surface area contributed by atoms with E-state index >= 15 is 0 Å². The number of halogens is 1. The molecule has 0 aliphatic rings. The van der Waals surface area contributed by atoms with Gasteiger partial charge in [0.2, 0.25) is 0 Å². The standard InChI is InChI=1S/C6H9IN2/c1-5(8-2)4-6(7)9-3/h4H,2H2,1,3H3/b5-4-,9-6?. The minimum absolute atomic E-state index is 0.894. The molecule has 50 valence electrons. The molecule has 0 aromatic carbocycles.